The Hall–Kier alpha value is -1.70. The van der Waals surface area contributed by atoms with Gasteiger partial charge in [0.05, 0.1) is 33.5 Å². The second-order valence-corrected chi connectivity index (χ2v) is 10.5. The second-order valence-electron chi connectivity index (χ2n) is 10.1. The number of oxazole rings is 1. The Kier molecular flexibility index (Phi) is 9.96. The standard InChI is InChI=1S/C28H36ClN2O3.BrH/c1-31(2,17-18-33-21-22-13-15-25(29)16-14-22)20-26-19-30-27(34-26)28(32,23-9-5-3-6-10-23)24-11-7-4-8-12-24;/h3,5-6,9-10,13-16,19,24,32H,4,7-8,11-12,17-18,20-21H2,1-2H3;1H/q+1;/p-1/t28-;/m0./s1. The number of halogens is 2. The number of hydrogen-bond donors (Lipinski definition) is 1. The van der Waals surface area contributed by atoms with Crippen LogP contribution in [0.3, 0.4) is 0 Å². The van der Waals surface area contributed by atoms with Crippen molar-refractivity contribution in [1.82, 2.24) is 4.98 Å². The van der Waals surface area contributed by atoms with E-state index in [1.165, 1.54) is 6.42 Å². The summed E-state index contributed by atoms with van der Waals surface area (Å²) in [4.78, 5) is 4.60. The molecule has 3 aromatic rings. The fourth-order valence-corrected chi connectivity index (χ4v) is 5.01. The van der Waals surface area contributed by atoms with Crippen LogP contribution < -0.4 is 17.0 Å². The first kappa shape index (κ1) is 27.9. The lowest BCUT2D eigenvalue weighted by Gasteiger charge is -2.36. The molecular weight excluding hydrogens is 528 g/mol. The average molecular weight is 564 g/mol. The minimum Gasteiger partial charge on any atom is -1.00 e. The maximum Gasteiger partial charge on any atom is 0.231 e. The quantitative estimate of drug-likeness (QED) is 0.305. The third-order valence-electron chi connectivity index (χ3n) is 6.90. The fraction of sp³-hybridized carbons (Fsp3) is 0.464. The monoisotopic (exact) mass is 562 g/mol. The van der Waals surface area contributed by atoms with Gasteiger partial charge in [0, 0.05) is 10.9 Å². The van der Waals surface area contributed by atoms with E-state index in [4.69, 9.17) is 20.8 Å². The highest BCUT2D eigenvalue weighted by Gasteiger charge is 2.44. The van der Waals surface area contributed by atoms with Crippen LogP contribution in [0.1, 0.15) is 54.9 Å². The molecule has 4 rings (SSSR count). The first-order chi connectivity index (χ1) is 16.4. The van der Waals surface area contributed by atoms with Crippen molar-refractivity contribution in [2.75, 3.05) is 27.2 Å². The molecule has 2 aromatic carbocycles. The summed E-state index contributed by atoms with van der Waals surface area (Å²) < 4.78 is 12.8. The van der Waals surface area contributed by atoms with Crippen LogP contribution in [0.4, 0.5) is 0 Å². The number of aliphatic hydroxyl groups is 1. The highest BCUT2D eigenvalue weighted by Crippen LogP contribution is 2.43. The van der Waals surface area contributed by atoms with Gasteiger partial charge < -0.3 is 35.7 Å². The highest BCUT2D eigenvalue weighted by molar-refractivity contribution is 6.30. The van der Waals surface area contributed by atoms with Gasteiger partial charge in [0.2, 0.25) is 5.89 Å². The maximum absolute atomic E-state index is 12.0. The number of hydrogen-bond acceptors (Lipinski definition) is 4. The van der Waals surface area contributed by atoms with E-state index in [-0.39, 0.29) is 22.9 Å². The number of ether oxygens (including phenoxy) is 1. The highest BCUT2D eigenvalue weighted by atomic mass is 79.9. The summed E-state index contributed by atoms with van der Waals surface area (Å²) in [6.07, 6.45) is 7.23. The van der Waals surface area contributed by atoms with Crippen molar-refractivity contribution < 1.29 is 35.7 Å². The summed E-state index contributed by atoms with van der Waals surface area (Å²) in [7, 11) is 4.30. The predicted octanol–water partition coefficient (Wildman–Crippen LogP) is 2.94. The normalized spacial score (nSPS) is 16.5. The van der Waals surface area contributed by atoms with Crippen LogP contribution >= 0.6 is 11.6 Å². The number of likely N-dealkylation sites (N-methyl/N-ethyl adjacent to an activating group) is 1. The van der Waals surface area contributed by atoms with Gasteiger partial charge in [-0.2, -0.15) is 0 Å². The van der Waals surface area contributed by atoms with Gasteiger partial charge >= 0.3 is 0 Å². The molecule has 35 heavy (non-hydrogen) atoms. The van der Waals surface area contributed by atoms with Crippen LogP contribution in [0, 0.1) is 5.92 Å². The van der Waals surface area contributed by atoms with Crippen molar-refractivity contribution in [1.29, 1.82) is 0 Å². The molecule has 1 atom stereocenters. The van der Waals surface area contributed by atoms with Crippen LogP contribution in [0.25, 0.3) is 0 Å². The fourth-order valence-electron chi connectivity index (χ4n) is 4.89. The van der Waals surface area contributed by atoms with E-state index in [0.29, 0.717) is 30.1 Å². The third-order valence-corrected chi connectivity index (χ3v) is 7.15. The number of rotatable bonds is 10. The molecule has 1 aliphatic rings. The number of quaternary nitrogens is 1. The molecule has 1 N–H and O–H groups in total. The summed E-state index contributed by atoms with van der Waals surface area (Å²) in [5, 5.41) is 12.7. The van der Waals surface area contributed by atoms with E-state index < -0.39 is 5.60 Å². The van der Waals surface area contributed by atoms with Gasteiger partial charge in [0.1, 0.15) is 13.1 Å². The van der Waals surface area contributed by atoms with Gasteiger partial charge in [-0.05, 0) is 36.1 Å². The maximum atomic E-state index is 12.0. The summed E-state index contributed by atoms with van der Waals surface area (Å²) in [6.45, 7) is 2.70. The number of aromatic nitrogens is 1. The molecule has 0 aliphatic heterocycles. The lowest BCUT2D eigenvalue weighted by Crippen LogP contribution is -3.00. The molecule has 190 valence electrons. The molecule has 0 bridgehead atoms. The lowest BCUT2D eigenvalue weighted by atomic mass is 9.73. The van der Waals surface area contributed by atoms with Crippen LogP contribution in [0.5, 0.6) is 0 Å². The van der Waals surface area contributed by atoms with Crippen molar-refractivity contribution in [2.45, 2.75) is 50.9 Å². The molecular formula is C28H36BrClN2O3. The summed E-state index contributed by atoms with van der Waals surface area (Å²) in [6, 6.07) is 17.6. The van der Waals surface area contributed by atoms with Gasteiger partial charge in [-0.3, -0.25) is 0 Å². The first-order valence-electron chi connectivity index (χ1n) is 12.2. The van der Waals surface area contributed by atoms with E-state index in [2.05, 4.69) is 19.1 Å². The molecule has 5 nitrogen and oxygen atoms in total. The Balaban J connectivity index is 0.00000342. The molecule has 0 unspecified atom stereocenters. The topological polar surface area (TPSA) is 55.5 Å². The number of benzene rings is 2. The van der Waals surface area contributed by atoms with Gasteiger partial charge in [-0.1, -0.05) is 73.3 Å². The minimum absolute atomic E-state index is 0. The van der Waals surface area contributed by atoms with Crippen molar-refractivity contribution in [3.05, 3.63) is 88.6 Å². The van der Waals surface area contributed by atoms with E-state index >= 15 is 0 Å². The zero-order valence-corrected chi connectivity index (χ0v) is 23.0. The van der Waals surface area contributed by atoms with E-state index in [1.54, 1.807) is 6.20 Å². The van der Waals surface area contributed by atoms with Gasteiger partial charge in [0.25, 0.3) is 0 Å². The lowest BCUT2D eigenvalue weighted by molar-refractivity contribution is -0.905. The Morgan fingerprint density at radius 1 is 1.06 bits per heavy atom. The van der Waals surface area contributed by atoms with Gasteiger partial charge in [-0.15, -0.1) is 0 Å². The largest absolute Gasteiger partial charge is 1.00 e. The van der Waals surface area contributed by atoms with Crippen LogP contribution in [0.2, 0.25) is 5.02 Å². The van der Waals surface area contributed by atoms with Gasteiger partial charge in [0.15, 0.2) is 11.4 Å². The molecule has 1 fully saturated rings. The van der Waals surface area contributed by atoms with Crippen molar-refractivity contribution >= 4 is 11.6 Å². The van der Waals surface area contributed by atoms with Crippen LogP contribution in [-0.2, 0) is 23.5 Å². The molecule has 0 radical (unpaired) electrons. The zero-order valence-electron chi connectivity index (χ0n) is 20.6. The summed E-state index contributed by atoms with van der Waals surface area (Å²) >= 11 is 5.95. The van der Waals surface area contributed by atoms with E-state index in [0.717, 1.165) is 54.1 Å². The Morgan fingerprint density at radius 3 is 2.43 bits per heavy atom. The Bertz CT molecular complexity index is 1040. The SMILES string of the molecule is C[N+](C)(CCOCc1ccc(Cl)cc1)Cc1cnc([C@](O)(c2ccccc2)C2CCCCC2)o1.[Br-]. The first-order valence-corrected chi connectivity index (χ1v) is 12.6. The molecule has 0 amide bonds. The van der Waals surface area contributed by atoms with Crippen molar-refractivity contribution in [3.8, 4) is 0 Å². The number of nitrogens with zero attached hydrogens (tertiary/aromatic N) is 2. The minimum atomic E-state index is -1.20. The smallest absolute Gasteiger partial charge is 0.231 e. The van der Waals surface area contributed by atoms with Crippen LogP contribution in [-0.4, -0.2) is 41.8 Å². The molecule has 0 spiro atoms. The average Bonchev–Trinajstić information content (AvgIpc) is 3.32. The molecule has 1 aromatic heterocycles. The second kappa shape index (κ2) is 12.5. The van der Waals surface area contributed by atoms with Crippen molar-refractivity contribution in [2.24, 2.45) is 5.92 Å². The summed E-state index contributed by atoms with van der Waals surface area (Å²) in [5.41, 5.74) is 0.774. The molecule has 7 heteroatoms. The molecule has 1 saturated carbocycles. The van der Waals surface area contributed by atoms with Gasteiger partial charge in [-0.25, -0.2) is 4.98 Å². The van der Waals surface area contributed by atoms with E-state index in [9.17, 15) is 5.11 Å². The Morgan fingerprint density at radius 2 is 1.74 bits per heavy atom. The molecule has 1 aliphatic carbocycles. The van der Waals surface area contributed by atoms with Crippen LogP contribution in [0.15, 0.2) is 65.2 Å². The predicted molar refractivity (Wildman–Crippen MR) is 134 cm³/mol. The van der Waals surface area contributed by atoms with Crippen molar-refractivity contribution in [3.63, 3.8) is 0 Å². The third kappa shape index (κ3) is 7.17. The van der Waals surface area contributed by atoms with E-state index in [1.807, 2.05) is 54.6 Å². The Labute approximate surface area is 224 Å². The summed E-state index contributed by atoms with van der Waals surface area (Å²) in [5.74, 6) is 1.31. The molecule has 0 saturated heterocycles. The zero-order chi connectivity index (χ0) is 24.0. The molecule has 1 heterocycles.